The van der Waals surface area contributed by atoms with Crippen molar-refractivity contribution < 1.29 is 14.7 Å². The van der Waals surface area contributed by atoms with Gasteiger partial charge in [-0.2, -0.15) is 0 Å². The summed E-state index contributed by atoms with van der Waals surface area (Å²) < 4.78 is 0. The largest absolute Gasteiger partial charge is 0.481 e. The van der Waals surface area contributed by atoms with Crippen LogP contribution in [0.3, 0.4) is 0 Å². The maximum absolute atomic E-state index is 11.7. The topological polar surface area (TPSA) is 84.9 Å². The number of carboxylic acid groups (broad SMARTS) is 1. The molecule has 0 aliphatic carbocycles. The molecule has 0 aromatic heterocycles. The van der Waals surface area contributed by atoms with E-state index in [1.54, 1.807) is 0 Å². The first-order valence-corrected chi connectivity index (χ1v) is 6.73. The van der Waals surface area contributed by atoms with E-state index in [0.29, 0.717) is 6.42 Å². The molecule has 3 N–H and O–H groups in total. The van der Waals surface area contributed by atoms with Crippen molar-refractivity contribution in [1.29, 1.82) is 0 Å². The highest BCUT2D eigenvalue weighted by Gasteiger charge is 2.19. The van der Waals surface area contributed by atoms with E-state index in [1.807, 2.05) is 19.0 Å². The van der Waals surface area contributed by atoms with Gasteiger partial charge in [-0.3, -0.25) is 10.2 Å². The van der Waals surface area contributed by atoms with E-state index < -0.39 is 11.9 Å². The average Bonchev–Trinajstić information content (AvgIpc) is 2.37. The number of rotatable bonds is 6. The number of nitrogens with zero attached hydrogens (tertiary/aromatic N) is 2. The van der Waals surface area contributed by atoms with Crippen molar-refractivity contribution in [1.82, 2.24) is 20.7 Å². The van der Waals surface area contributed by atoms with Crippen LogP contribution >= 0.6 is 0 Å². The highest BCUT2D eigenvalue weighted by molar-refractivity contribution is 5.75. The second-order valence-electron chi connectivity index (χ2n) is 4.94. The van der Waals surface area contributed by atoms with Crippen molar-refractivity contribution in [2.24, 2.45) is 5.92 Å². The molecule has 7 nitrogen and oxygen atoms in total. The van der Waals surface area contributed by atoms with Crippen LogP contribution in [-0.2, 0) is 4.79 Å². The van der Waals surface area contributed by atoms with Gasteiger partial charge in [0.1, 0.15) is 0 Å². The monoisotopic (exact) mass is 272 g/mol. The summed E-state index contributed by atoms with van der Waals surface area (Å²) in [5.41, 5.74) is 2.74. The molecule has 0 spiro atoms. The Balaban J connectivity index is 2.25. The Morgan fingerprint density at radius 1 is 1.26 bits per heavy atom. The summed E-state index contributed by atoms with van der Waals surface area (Å²) >= 11 is 0. The summed E-state index contributed by atoms with van der Waals surface area (Å²) in [4.78, 5) is 24.8. The molecule has 0 radical (unpaired) electrons. The molecule has 0 aromatic carbocycles. The van der Waals surface area contributed by atoms with E-state index in [2.05, 4.69) is 15.6 Å². The van der Waals surface area contributed by atoms with Gasteiger partial charge in [-0.1, -0.05) is 13.3 Å². The van der Waals surface area contributed by atoms with Crippen LogP contribution in [-0.4, -0.2) is 66.8 Å². The number of likely N-dealkylation sites (N-methyl/N-ethyl adjacent to an activating group) is 1. The number of carboxylic acids is 1. The molecule has 7 heteroatoms. The highest BCUT2D eigenvalue weighted by atomic mass is 16.4. The zero-order chi connectivity index (χ0) is 14.3. The number of hydrazine groups is 1. The fraction of sp³-hybridized carbons (Fsp3) is 0.833. The van der Waals surface area contributed by atoms with Crippen molar-refractivity contribution in [3.8, 4) is 0 Å². The molecule has 1 fully saturated rings. The van der Waals surface area contributed by atoms with Crippen LogP contribution < -0.4 is 10.7 Å². The van der Waals surface area contributed by atoms with Gasteiger partial charge in [-0.15, -0.1) is 0 Å². The van der Waals surface area contributed by atoms with Crippen LogP contribution in [0.1, 0.15) is 19.8 Å². The Labute approximate surface area is 113 Å². The first-order chi connectivity index (χ1) is 9.02. The number of nitrogens with one attached hydrogen (secondary N) is 2. The lowest BCUT2D eigenvalue weighted by atomic mass is 10.0. The zero-order valence-electron chi connectivity index (χ0n) is 11.7. The molecular weight excluding hydrogens is 248 g/mol. The zero-order valence-corrected chi connectivity index (χ0v) is 11.7. The number of urea groups is 1. The molecule has 1 aliphatic heterocycles. The SMILES string of the molecule is CCCC(CNC(=O)NN1CCN(C)CC1)C(=O)O. The third kappa shape index (κ3) is 5.89. The molecule has 2 amide bonds. The van der Waals surface area contributed by atoms with Crippen molar-refractivity contribution in [3.05, 3.63) is 0 Å². The average molecular weight is 272 g/mol. The fourth-order valence-corrected chi connectivity index (χ4v) is 1.98. The molecule has 0 aromatic rings. The number of hydrogen-bond donors (Lipinski definition) is 3. The van der Waals surface area contributed by atoms with Gasteiger partial charge in [0.15, 0.2) is 0 Å². The normalized spacial score (nSPS) is 18.8. The Hall–Kier alpha value is -1.34. The molecule has 1 aliphatic rings. The lowest BCUT2D eigenvalue weighted by Crippen LogP contribution is -2.55. The molecular formula is C12H24N4O3. The number of piperazine rings is 1. The molecule has 0 saturated carbocycles. The van der Waals surface area contributed by atoms with Gasteiger partial charge in [0, 0.05) is 32.7 Å². The van der Waals surface area contributed by atoms with Crippen molar-refractivity contribution in [3.63, 3.8) is 0 Å². The van der Waals surface area contributed by atoms with E-state index in [1.165, 1.54) is 0 Å². The maximum atomic E-state index is 11.7. The smallest absolute Gasteiger partial charge is 0.329 e. The van der Waals surface area contributed by atoms with Gasteiger partial charge < -0.3 is 15.3 Å². The van der Waals surface area contributed by atoms with Crippen molar-refractivity contribution in [2.75, 3.05) is 39.8 Å². The van der Waals surface area contributed by atoms with Crippen LogP contribution in [0.25, 0.3) is 0 Å². The van der Waals surface area contributed by atoms with Crippen LogP contribution in [0, 0.1) is 5.92 Å². The van der Waals surface area contributed by atoms with E-state index in [0.717, 1.165) is 32.6 Å². The third-order valence-electron chi connectivity index (χ3n) is 3.26. The summed E-state index contributed by atoms with van der Waals surface area (Å²) in [6.07, 6.45) is 1.36. The van der Waals surface area contributed by atoms with Gasteiger partial charge in [0.25, 0.3) is 0 Å². The third-order valence-corrected chi connectivity index (χ3v) is 3.26. The predicted octanol–water partition coefficient (Wildman–Crippen LogP) is -0.0511. The van der Waals surface area contributed by atoms with E-state index in [4.69, 9.17) is 5.11 Å². The van der Waals surface area contributed by atoms with E-state index in [-0.39, 0.29) is 12.6 Å². The maximum Gasteiger partial charge on any atom is 0.329 e. The summed E-state index contributed by atoms with van der Waals surface area (Å²) in [6.45, 7) is 5.48. The number of carbonyl (C=O) groups excluding carboxylic acids is 1. The quantitative estimate of drug-likeness (QED) is 0.631. The first-order valence-electron chi connectivity index (χ1n) is 6.73. The van der Waals surface area contributed by atoms with Crippen LogP contribution in [0.15, 0.2) is 0 Å². The Morgan fingerprint density at radius 3 is 2.42 bits per heavy atom. The van der Waals surface area contributed by atoms with E-state index >= 15 is 0 Å². The van der Waals surface area contributed by atoms with E-state index in [9.17, 15) is 9.59 Å². The molecule has 110 valence electrons. The highest BCUT2D eigenvalue weighted by Crippen LogP contribution is 2.04. The lowest BCUT2D eigenvalue weighted by molar-refractivity contribution is -0.141. The molecule has 1 atom stereocenters. The van der Waals surface area contributed by atoms with Gasteiger partial charge in [0.05, 0.1) is 5.92 Å². The minimum Gasteiger partial charge on any atom is -0.481 e. The number of aliphatic carboxylic acids is 1. The summed E-state index contributed by atoms with van der Waals surface area (Å²) in [6, 6.07) is -0.327. The van der Waals surface area contributed by atoms with Crippen LogP contribution in [0.2, 0.25) is 0 Å². The minimum atomic E-state index is -0.859. The summed E-state index contributed by atoms with van der Waals surface area (Å²) in [5, 5.41) is 13.5. The van der Waals surface area contributed by atoms with Gasteiger partial charge in [-0.25, -0.2) is 9.80 Å². The number of amides is 2. The summed E-state index contributed by atoms with van der Waals surface area (Å²) in [7, 11) is 2.04. The molecule has 1 saturated heterocycles. The van der Waals surface area contributed by atoms with Crippen LogP contribution in [0.5, 0.6) is 0 Å². The second-order valence-corrected chi connectivity index (χ2v) is 4.94. The number of carbonyl (C=O) groups is 2. The Morgan fingerprint density at radius 2 is 1.89 bits per heavy atom. The molecule has 0 bridgehead atoms. The Kier molecular flexibility index (Phi) is 6.58. The molecule has 1 rings (SSSR count). The Bertz CT molecular complexity index is 303. The lowest BCUT2D eigenvalue weighted by Gasteiger charge is -2.32. The molecule has 1 heterocycles. The predicted molar refractivity (Wildman–Crippen MR) is 71.6 cm³/mol. The van der Waals surface area contributed by atoms with Gasteiger partial charge in [0.2, 0.25) is 0 Å². The van der Waals surface area contributed by atoms with Crippen molar-refractivity contribution >= 4 is 12.0 Å². The summed E-state index contributed by atoms with van der Waals surface area (Å²) in [5.74, 6) is -1.37. The fourth-order valence-electron chi connectivity index (χ4n) is 1.98. The van der Waals surface area contributed by atoms with Gasteiger partial charge in [-0.05, 0) is 13.5 Å². The standard InChI is InChI=1S/C12H24N4O3/c1-3-4-10(11(17)18)9-13-12(19)14-16-7-5-15(2)6-8-16/h10H,3-9H2,1-2H3,(H,17,18)(H2,13,14,19). The molecule has 19 heavy (non-hydrogen) atoms. The van der Waals surface area contributed by atoms with Crippen molar-refractivity contribution in [2.45, 2.75) is 19.8 Å². The number of hydrogen-bond acceptors (Lipinski definition) is 4. The molecule has 1 unspecified atom stereocenters. The van der Waals surface area contributed by atoms with Crippen LogP contribution in [0.4, 0.5) is 4.79 Å². The second kappa shape index (κ2) is 7.96. The minimum absolute atomic E-state index is 0.169. The first kappa shape index (κ1) is 15.7. The van der Waals surface area contributed by atoms with Gasteiger partial charge >= 0.3 is 12.0 Å².